The van der Waals surface area contributed by atoms with Gasteiger partial charge >= 0.3 is 0 Å². The lowest BCUT2D eigenvalue weighted by atomic mass is 10.1. The molecule has 0 aliphatic carbocycles. The lowest BCUT2D eigenvalue weighted by molar-refractivity contribution is 0.228. The summed E-state index contributed by atoms with van der Waals surface area (Å²) in [6.07, 6.45) is 4.13. The molecule has 1 aromatic rings. The number of hydrogen-bond donors (Lipinski definition) is 1. The molecule has 2 heterocycles. The Morgan fingerprint density at radius 1 is 1.33 bits per heavy atom. The van der Waals surface area contributed by atoms with Gasteiger partial charge in [0.25, 0.3) is 0 Å². The first-order valence-corrected chi connectivity index (χ1v) is 7.14. The first kappa shape index (κ1) is 13.6. The van der Waals surface area contributed by atoms with Crippen molar-refractivity contribution in [2.24, 2.45) is 0 Å². The average molecular weight is 251 g/mol. The van der Waals surface area contributed by atoms with Gasteiger partial charge in [-0.25, -0.2) is 0 Å². The molecule has 0 saturated carbocycles. The Hall–Kier alpha value is -0.870. The molecule has 1 aliphatic rings. The largest absolute Gasteiger partial charge is 0.361 e. The van der Waals surface area contributed by atoms with Crippen LogP contribution >= 0.6 is 0 Å². The van der Waals surface area contributed by atoms with E-state index in [1.54, 1.807) is 0 Å². The lowest BCUT2D eigenvalue weighted by Crippen LogP contribution is -2.35. The third-order valence-corrected chi connectivity index (χ3v) is 3.51. The Bertz CT molecular complexity index is 343. The summed E-state index contributed by atoms with van der Waals surface area (Å²) in [4.78, 5) is 2.54. The third kappa shape index (κ3) is 4.10. The van der Waals surface area contributed by atoms with Crippen LogP contribution in [-0.4, -0.2) is 36.2 Å². The maximum atomic E-state index is 5.27. The summed E-state index contributed by atoms with van der Waals surface area (Å²) in [5.41, 5.74) is 1.01. The Kier molecular flexibility index (Phi) is 5.20. The molecule has 0 amide bonds. The SMILES string of the molecule is CC(C)c1cc(CNCCN2CCCCC2)no1. The summed E-state index contributed by atoms with van der Waals surface area (Å²) in [5, 5.41) is 7.51. The molecular weight excluding hydrogens is 226 g/mol. The van der Waals surface area contributed by atoms with Crippen LogP contribution < -0.4 is 5.32 Å². The molecule has 0 unspecified atom stereocenters. The fraction of sp³-hybridized carbons (Fsp3) is 0.786. The topological polar surface area (TPSA) is 41.3 Å². The van der Waals surface area contributed by atoms with Gasteiger partial charge in [0.05, 0.1) is 5.69 Å². The molecule has 1 aromatic heterocycles. The highest BCUT2D eigenvalue weighted by Crippen LogP contribution is 2.14. The van der Waals surface area contributed by atoms with Gasteiger partial charge in [-0.15, -0.1) is 0 Å². The molecule has 1 aliphatic heterocycles. The quantitative estimate of drug-likeness (QED) is 0.788. The molecule has 0 bridgehead atoms. The zero-order valence-corrected chi connectivity index (χ0v) is 11.6. The van der Waals surface area contributed by atoms with Crippen LogP contribution in [0.25, 0.3) is 0 Å². The number of rotatable bonds is 6. The molecule has 0 radical (unpaired) electrons. The van der Waals surface area contributed by atoms with Crippen LogP contribution in [0.1, 0.15) is 50.5 Å². The normalized spacial score (nSPS) is 17.5. The summed E-state index contributed by atoms with van der Waals surface area (Å²) in [6.45, 7) is 9.76. The lowest BCUT2D eigenvalue weighted by Gasteiger charge is -2.26. The Morgan fingerprint density at radius 2 is 2.11 bits per heavy atom. The Balaban J connectivity index is 1.62. The van der Waals surface area contributed by atoms with E-state index >= 15 is 0 Å². The first-order chi connectivity index (χ1) is 8.75. The van der Waals surface area contributed by atoms with Gasteiger partial charge in [0.1, 0.15) is 5.76 Å². The van der Waals surface area contributed by atoms with E-state index < -0.39 is 0 Å². The zero-order valence-electron chi connectivity index (χ0n) is 11.6. The van der Waals surface area contributed by atoms with Crippen molar-refractivity contribution in [3.63, 3.8) is 0 Å². The summed E-state index contributed by atoms with van der Waals surface area (Å²) in [6, 6.07) is 2.05. The van der Waals surface area contributed by atoms with Crippen LogP contribution in [0.2, 0.25) is 0 Å². The van der Waals surface area contributed by atoms with E-state index in [0.29, 0.717) is 5.92 Å². The van der Waals surface area contributed by atoms with Crippen LogP contribution in [0.3, 0.4) is 0 Å². The van der Waals surface area contributed by atoms with Crippen molar-refractivity contribution < 1.29 is 4.52 Å². The predicted octanol–water partition coefficient (Wildman–Crippen LogP) is 2.37. The number of likely N-dealkylation sites (tertiary alicyclic amines) is 1. The van der Waals surface area contributed by atoms with Crippen molar-refractivity contribution in [1.82, 2.24) is 15.4 Å². The fourth-order valence-corrected chi connectivity index (χ4v) is 2.32. The fourth-order valence-electron chi connectivity index (χ4n) is 2.32. The smallest absolute Gasteiger partial charge is 0.139 e. The molecule has 1 saturated heterocycles. The second-order valence-electron chi connectivity index (χ2n) is 5.45. The molecule has 0 spiro atoms. The van der Waals surface area contributed by atoms with Crippen molar-refractivity contribution in [1.29, 1.82) is 0 Å². The van der Waals surface area contributed by atoms with Crippen molar-refractivity contribution in [2.75, 3.05) is 26.2 Å². The number of hydrogen-bond acceptors (Lipinski definition) is 4. The number of nitrogens with zero attached hydrogens (tertiary/aromatic N) is 2. The Morgan fingerprint density at radius 3 is 2.78 bits per heavy atom. The second-order valence-corrected chi connectivity index (χ2v) is 5.45. The van der Waals surface area contributed by atoms with Crippen molar-refractivity contribution in [2.45, 2.75) is 45.6 Å². The molecule has 0 atom stereocenters. The van der Waals surface area contributed by atoms with E-state index in [-0.39, 0.29) is 0 Å². The van der Waals surface area contributed by atoms with Gasteiger partial charge < -0.3 is 14.7 Å². The molecule has 102 valence electrons. The maximum absolute atomic E-state index is 5.27. The highest BCUT2D eigenvalue weighted by molar-refractivity contribution is 5.08. The molecule has 0 aromatic carbocycles. The van der Waals surface area contributed by atoms with Crippen molar-refractivity contribution in [3.8, 4) is 0 Å². The van der Waals surface area contributed by atoms with Gasteiger partial charge in [0, 0.05) is 31.6 Å². The summed E-state index contributed by atoms with van der Waals surface area (Å²) in [7, 11) is 0. The van der Waals surface area contributed by atoms with Crippen LogP contribution in [0, 0.1) is 0 Å². The summed E-state index contributed by atoms with van der Waals surface area (Å²) >= 11 is 0. The monoisotopic (exact) mass is 251 g/mol. The minimum atomic E-state index is 0.416. The molecular formula is C14H25N3O. The van der Waals surface area contributed by atoms with Crippen molar-refractivity contribution in [3.05, 3.63) is 17.5 Å². The van der Waals surface area contributed by atoms with E-state index in [4.69, 9.17) is 4.52 Å². The van der Waals surface area contributed by atoms with Crippen LogP contribution in [0.5, 0.6) is 0 Å². The molecule has 4 heteroatoms. The molecule has 4 nitrogen and oxygen atoms in total. The van der Waals surface area contributed by atoms with E-state index in [0.717, 1.165) is 31.1 Å². The predicted molar refractivity (Wildman–Crippen MR) is 72.6 cm³/mol. The average Bonchev–Trinajstić information content (AvgIpc) is 2.85. The maximum Gasteiger partial charge on any atom is 0.139 e. The highest BCUT2D eigenvalue weighted by atomic mass is 16.5. The molecule has 2 rings (SSSR count). The number of nitrogens with one attached hydrogen (secondary N) is 1. The molecule has 1 fully saturated rings. The standard InChI is InChI=1S/C14H25N3O/c1-12(2)14-10-13(16-18-14)11-15-6-9-17-7-4-3-5-8-17/h10,12,15H,3-9,11H2,1-2H3. The summed E-state index contributed by atoms with van der Waals surface area (Å²) < 4.78 is 5.27. The van der Waals surface area contributed by atoms with Gasteiger partial charge in [-0.1, -0.05) is 25.4 Å². The Labute approximate surface area is 110 Å². The minimum absolute atomic E-state index is 0.416. The molecule has 1 N–H and O–H groups in total. The van der Waals surface area contributed by atoms with Crippen LogP contribution in [-0.2, 0) is 6.54 Å². The van der Waals surface area contributed by atoms with Gasteiger partial charge in [0.15, 0.2) is 0 Å². The van der Waals surface area contributed by atoms with Crippen molar-refractivity contribution >= 4 is 0 Å². The summed E-state index contributed by atoms with van der Waals surface area (Å²) in [5.74, 6) is 1.39. The van der Waals surface area contributed by atoms with Gasteiger partial charge in [0.2, 0.25) is 0 Å². The second kappa shape index (κ2) is 6.90. The number of piperidine rings is 1. The molecule has 18 heavy (non-hydrogen) atoms. The van der Waals surface area contributed by atoms with Crippen LogP contribution in [0.4, 0.5) is 0 Å². The van der Waals surface area contributed by atoms with Crippen LogP contribution in [0.15, 0.2) is 10.6 Å². The third-order valence-electron chi connectivity index (χ3n) is 3.51. The first-order valence-electron chi connectivity index (χ1n) is 7.14. The minimum Gasteiger partial charge on any atom is -0.361 e. The van der Waals surface area contributed by atoms with Gasteiger partial charge in [-0.3, -0.25) is 0 Å². The van der Waals surface area contributed by atoms with Gasteiger partial charge in [-0.2, -0.15) is 0 Å². The van der Waals surface area contributed by atoms with E-state index in [1.807, 2.05) is 0 Å². The van der Waals surface area contributed by atoms with Gasteiger partial charge in [-0.05, 0) is 25.9 Å². The van der Waals surface area contributed by atoms with E-state index in [2.05, 4.69) is 35.3 Å². The van der Waals surface area contributed by atoms with E-state index in [1.165, 1.54) is 32.4 Å². The zero-order chi connectivity index (χ0) is 12.8. The highest BCUT2D eigenvalue weighted by Gasteiger charge is 2.10. The number of aromatic nitrogens is 1. The van der Waals surface area contributed by atoms with E-state index in [9.17, 15) is 0 Å².